The van der Waals surface area contributed by atoms with Crippen LogP contribution in [0.3, 0.4) is 0 Å². The second-order valence-corrected chi connectivity index (χ2v) is 6.04. The molecule has 2 nitrogen and oxygen atoms in total. The molecule has 1 aromatic carbocycles. The first-order valence-electron chi connectivity index (χ1n) is 7.72. The number of hydrogen-bond acceptors (Lipinski definition) is 2. The molecular weight excluding hydrogens is 234 g/mol. The lowest BCUT2D eigenvalue weighted by Gasteiger charge is -2.21. The van der Waals surface area contributed by atoms with E-state index in [9.17, 15) is 0 Å². The molecule has 19 heavy (non-hydrogen) atoms. The molecule has 1 N–H and O–H groups in total. The number of hydrogen-bond donors (Lipinski definition) is 1. The highest BCUT2D eigenvalue weighted by molar-refractivity contribution is 5.32. The van der Waals surface area contributed by atoms with E-state index in [1.807, 2.05) is 6.07 Å². The van der Waals surface area contributed by atoms with Gasteiger partial charge in [0, 0.05) is 6.04 Å². The van der Waals surface area contributed by atoms with Crippen LogP contribution in [0.5, 0.6) is 5.75 Å². The zero-order chi connectivity index (χ0) is 13.2. The molecule has 1 aromatic rings. The molecule has 2 fully saturated rings. The normalized spacial score (nSPS) is 29.9. The third-order valence-electron chi connectivity index (χ3n) is 4.92. The third-order valence-corrected chi connectivity index (χ3v) is 4.92. The van der Waals surface area contributed by atoms with E-state index >= 15 is 0 Å². The number of methoxy groups -OCH3 is 1. The van der Waals surface area contributed by atoms with Gasteiger partial charge in [-0.2, -0.15) is 0 Å². The first-order chi connectivity index (χ1) is 9.35. The van der Waals surface area contributed by atoms with Crippen molar-refractivity contribution in [1.29, 1.82) is 0 Å². The monoisotopic (exact) mass is 259 g/mol. The lowest BCUT2D eigenvalue weighted by Crippen LogP contribution is -2.25. The summed E-state index contributed by atoms with van der Waals surface area (Å²) in [5.74, 6) is 3.82. The third kappa shape index (κ3) is 2.51. The van der Waals surface area contributed by atoms with Crippen molar-refractivity contribution in [2.75, 3.05) is 13.7 Å². The molecule has 0 radical (unpaired) electrons. The molecule has 2 saturated carbocycles. The average molecular weight is 259 g/mol. The van der Waals surface area contributed by atoms with Crippen LogP contribution in [-0.2, 0) is 0 Å². The Morgan fingerprint density at radius 2 is 2.11 bits per heavy atom. The van der Waals surface area contributed by atoms with Crippen LogP contribution in [0.15, 0.2) is 24.3 Å². The van der Waals surface area contributed by atoms with Crippen LogP contribution in [0.2, 0.25) is 0 Å². The Morgan fingerprint density at radius 1 is 1.32 bits per heavy atom. The van der Waals surface area contributed by atoms with E-state index in [1.165, 1.54) is 31.2 Å². The second-order valence-electron chi connectivity index (χ2n) is 6.04. The van der Waals surface area contributed by atoms with Gasteiger partial charge in [-0.25, -0.2) is 0 Å². The molecule has 0 aliphatic heterocycles. The van der Waals surface area contributed by atoms with Crippen LogP contribution < -0.4 is 10.1 Å². The van der Waals surface area contributed by atoms with Gasteiger partial charge in [0.2, 0.25) is 0 Å². The van der Waals surface area contributed by atoms with Crippen molar-refractivity contribution >= 4 is 0 Å². The van der Waals surface area contributed by atoms with Crippen molar-refractivity contribution in [2.45, 2.75) is 38.6 Å². The molecule has 0 aromatic heterocycles. The first kappa shape index (κ1) is 13.0. The van der Waals surface area contributed by atoms with E-state index < -0.39 is 0 Å². The van der Waals surface area contributed by atoms with E-state index in [4.69, 9.17) is 4.74 Å². The number of ether oxygens (including phenoxy) is 1. The minimum Gasteiger partial charge on any atom is -0.497 e. The average Bonchev–Trinajstić information content (AvgIpc) is 2.92. The van der Waals surface area contributed by atoms with Crippen molar-refractivity contribution in [3.05, 3.63) is 29.8 Å². The molecule has 0 saturated heterocycles. The van der Waals surface area contributed by atoms with Crippen molar-refractivity contribution in [3.63, 3.8) is 0 Å². The molecule has 2 aliphatic carbocycles. The Bertz CT molecular complexity index is 421. The van der Waals surface area contributed by atoms with Crippen molar-refractivity contribution in [1.82, 2.24) is 5.32 Å². The van der Waals surface area contributed by atoms with E-state index in [2.05, 4.69) is 30.4 Å². The van der Waals surface area contributed by atoms with Gasteiger partial charge in [-0.05, 0) is 61.3 Å². The molecule has 0 spiro atoms. The molecule has 2 heteroatoms. The Labute approximate surface area is 116 Å². The Hall–Kier alpha value is -1.02. The van der Waals surface area contributed by atoms with Gasteiger partial charge in [0.15, 0.2) is 0 Å². The highest BCUT2D eigenvalue weighted by atomic mass is 16.5. The molecule has 0 amide bonds. The number of rotatable bonds is 6. The lowest BCUT2D eigenvalue weighted by molar-refractivity contribution is 0.402. The Kier molecular flexibility index (Phi) is 3.79. The summed E-state index contributed by atoms with van der Waals surface area (Å²) in [7, 11) is 1.75. The zero-order valence-electron chi connectivity index (χ0n) is 12.1. The smallest absolute Gasteiger partial charge is 0.119 e. The molecule has 3 atom stereocenters. The van der Waals surface area contributed by atoms with Crippen LogP contribution in [0, 0.1) is 17.8 Å². The predicted octanol–water partition coefficient (Wildman–Crippen LogP) is 3.78. The zero-order valence-corrected chi connectivity index (χ0v) is 12.1. The summed E-state index contributed by atoms with van der Waals surface area (Å²) >= 11 is 0. The summed E-state index contributed by atoms with van der Waals surface area (Å²) in [6.45, 7) is 3.35. The Morgan fingerprint density at radius 3 is 2.79 bits per heavy atom. The maximum atomic E-state index is 5.38. The summed E-state index contributed by atoms with van der Waals surface area (Å²) in [6, 6.07) is 9.15. The van der Waals surface area contributed by atoms with Crippen molar-refractivity contribution in [3.8, 4) is 5.75 Å². The molecular formula is C17H25NO. The van der Waals surface area contributed by atoms with Gasteiger partial charge in [0.05, 0.1) is 7.11 Å². The summed E-state index contributed by atoms with van der Waals surface area (Å²) < 4.78 is 5.38. The fourth-order valence-corrected chi connectivity index (χ4v) is 3.98. The number of nitrogens with one attached hydrogen (secondary N) is 1. The Balaban J connectivity index is 1.78. The molecule has 0 heterocycles. The first-order valence-corrected chi connectivity index (χ1v) is 7.72. The minimum atomic E-state index is 0.533. The number of benzene rings is 1. The van der Waals surface area contributed by atoms with Gasteiger partial charge in [0.1, 0.15) is 5.75 Å². The molecule has 0 bridgehead atoms. The van der Waals surface area contributed by atoms with Gasteiger partial charge < -0.3 is 10.1 Å². The molecule has 104 valence electrons. The van der Waals surface area contributed by atoms with Gasteiger partial charge in [0.25, 0.3) is 0 Å². The van der Waals surface area contributed by atoms with Crippen LogP contribution in [0.1, 0.15) is 44.2 Å². The van der Waals surface area contributed by atoms with Crippen LogP contribution in [0.4, 0.5) is 0 Å². The van der Waals surface area contributed by atoms with E-state index in [1.54, 1.807) is 7.11 Å². The SMILES string of the molecule is CCCNC(c1cccc(OC)c1)C1C2CCCC21. The standard InChI is InChI=1S/C17H25NO/c1-3-10-18-17(16-14-8-5-9-15(14)16)12-6-4-7-13(11-12)19-2/h4,6-7,11,14-18H,3,5,8-10H2,1-2H3. The maximum Gasteiger partial charge on any atom is 0.119 e. The van der Waals surface area contributed by atoms with Crippen molar-refractivity contribution < 1.29 is 4.74 Å². The fraction of sp³-hybridized carbons (Fsp3) is 0.647. The summed E-state index contributed by atoms with van der Waals surface area (Å²) in [5.41, 5.74) is 1.41. The predicted molar refractivity (Wildman–Crippen MR) is 78.3 cm³/mol. The second kappa shape index (κ2) is 5.54. The molecule has 3 unspecified atom stereocenters. The van der Waals surface area contributed by atoms with Gasteiger partial charge in [-0.15, -0.1) is 0 Å². The van der Waals surface area contributed by atoms with Gasteiger partial charge in [-0.3, -0.25) is 0 Å². The van der Waals surface area contributed by atoms with E-state index in [0.29, 0.717) is 6.04 Å². The quantitative estimate of drug-likeness (QED) is 0.839. The van der Waals surface area contributed by atoms with E-state index in [0.717, 1.165) is 30.0 Å². The number of fused-ring (bicyclic) bond motifs is 1. The maximum absolute atomic E-state index is 5.38. The minimum absolute atomic E-state index is 0.533. The largest absolute Gasteiger partial charge is 0.497 e. The lowest BCUT2D eigenvalue weighted by atomic mass is 9.96. The van der Waals surface area contributed by atoms with Gasteiger partial charge in [-0.1, -0.05) is 25.5 Å². The summed E-state index contributed by atoms with van der Waals surface area (Å²) in [6.07, 6.45) is 5.54. The highest BCUT2D eigenvalue weighted by Crippen LogP contribution is 2.62. The highest BCUT2D eigenvalue weighted by Gasteiger charge is 2.55. The topological polar surface area (TPSA) is 21.3 Å². The van der Waals surface area contributed by atoms with Crippen molar-refractivity contribution in [2.24, 2.45) is 17.8 Å². The molecule has 3 rings (SSSR count). The molecule has 2 aliphatic rings. The van der Waals surface area contributed by atoms with Crippen LogP contribution >= 0.6 is 0 Å². The fourth-order valence-electron chi connectivity index (χ4n) is 3.98. The van der Waals surface area contributed by atoms with E-state index in [-0.39, 0.29) is 0 Å². The van der Waals surface area contributed by atoms with Crippen LogP contribution in [-0.4, -0.2) is 13.7 Å². The van der Waals surface area contributed by atoms with Gasteiger partial charge >= 0.3 is 0 Å². The van der Waals surface area contributed by atoms with Crippen LogP contribution in [0.25, 0.3) is 0 Å². The summed E-state index contributed by atoms with van der Waals surface area (Å²) in [5, 5.41) is 3.77. The summed E-state index contributed by atoms with van der Waals surface area (Å²) in [4.78, 5) is 0.